The molecule has 17 heavy (non-hydrogen) atoms. The van der Waals surface area contributed by atoms with Gasteiger partial charge in [-0.15, -0.1) is 0 Å². The van der Waals surface area contributed by atoms with Crippen molar-refractivity contribution in [3.05, 3.63) is 30.1 Å². The van der Waals surface area contributed by atoms with Gasteiger partial charge in [0.2, 0.25) is 0 Å². The molecule has 0 aliphatic heterocycles. The first-order valence-electron chi connectivity index (χ1n) is 6.03. The lowest BCUT2D eigenvalue weighted by atomic mass is 9.85. The summed E-state index contributed by atoms with van der Waals surface area (Å²) >= 11 is 0. The van der Waals surface area contributed by atoms with Crippen molar-refractivity contribution in [2.75, 3.05) is 18.5 Å². The van der Waals surface area contributed by atoms with E-state index in [0.717, 1.165) is 18.7 Å². The maximum Gasteiger partial charge on any atom is 0.125 e. The van der Waals surface area contributed by atoms with Crippen LogP contribution in [0.2, 0.25) is 0 Å². The molecule has 0 aliphatic carbocycles. The lowest BCUT2D eigenvalue weighted by Gasteiger charge is -2.29. The van der Waals surface area contributed by atoms with Crippen molar-refractivity contribution in [1.29, 1.82) is 0 Å². The second-order valence-corrected chi connectivity index (χ2v) is 5.66. The van der Waals surface area contributed by atoms with Gasteiger partial charge in [-0.2, -0.15) is 0 Å². The van der Waals surface area contributed by atoms with Crippen LogP contribution in [0.25, 0.3) is 0 Å². The monoisotopic (exact) mass is 238 g/mol. The Morgan fingerprint density at radius 1 is 1.35 bits per heavy atom. The number of hydrogen-bond acceptors (Lipinski definition) is 2. The molecule has 1 rings (SSSR count). The van der Waals surface area contributed by atoms with Crippen molar-refractivity contribution >= 4 is 5.69 Å². The summed E-state index contributed by atoms with van der Waals surface area (Å²) in [4.78, 5) is 2.04. The van der Waals surface area contributed by atoms with Gasteiger partial charge in [-0.05, 0) is 30.0 Å². The molecule has 0 heterocycles. The molecule has 0 saturated heterocycles. The van der Waals surface area contributed by atoms with E-state index in [1.165, 1.54) is 6.07 Å². The largest absolute Gasteiger partial charge is 0.374 e. The highest BCUT2D eigenvalue weighted by atomic mass is 19.1. The van der Waals surface area contributed by atoms with Crippen LogP contribution in [-0.2, 0) is 0 Å². The smallest absolute Gasteiger partial charge is 0.125 e. The van der Waals surface area contributed by atoms with Crippen LogP contribution >= 0.6 is 0 Å². The van der Waals surface area contributed by atoms with Crippen LogP contribution in [0.3, 0.4) is 0 Å². The minimum absolute atomic E-state index is 0.114. The second-order valence-electron chi connectivity index (χ2n) is 5.66. The fourth-order valence-electron chi connectivity index (χ4n) is 1.61. The van der Waals surface area contributed by atoms with Gasteiger partial charge in [-0.1, -0.05) is 26.8 Å². The summed E-state index contributed by atoms with van der Waals surface area (Å²) in [5, 5.41) is 0. The summed E-state index contributed by atoms with van der Waals surface area (Å²) < 4.78 is 13.1. The maximum atomic E-state index is 13.1. The highest BCUT2D eigenvalue weighted by Gasteiger charge is 2.20. The standard InChI is InChI=1S/C14H23FN2/c1-14(2,3)13(16)8-9-17(4)12-7-5-6-11(15)10-12/h5-7,10,13H,8-9,16H2,1-4H3. The molecule has 1 aromatic carbocycles. The van der Waals surface area contributed by atoms with E-state index in [9.17, 15) is 4.39 Å². The number of halogens is 1. The highest BCUT2D eigenvalue weighted by molar-refractivity contribution is 5.45. The van der Waals surface area contributed by atoms with E-state index in [1.807, 2.05) is 18.0 Å². The van der Waals surface area contributed by atoms with Gasteiger partial charge in [-0.3, -0.25) is 0 Å². The Labute approximate surface area is 104 Å². The maximum absolute atomic E-state index is 13.1. The molecule has 2 nitrogen and oxygen atoms in total. The molecule has 0 fully saturated rings. The molecular weight excluding hydrogens is 215 g/mol. The van der Waals surface area contributed by atoms with E-state index >= 15 is 0 Å². The molecule has 1 aromatic rings. The number of nitrogens with two attached hydrogens (primary N) is 1. The first-order chi connectivity index (χ1) is 7.80. The Bertz CT molecular complexity index is 357. The van der Waals surface area contributed by atoms with Gasteiger partial charge in [-0.25, -0.2) is 4.39 Å². The Hall–Kier alpha value is -1.09. The van der Waals surface area contributed by atoms with Crippen LogP contribution in [0.15, 0.2) is 24.3 Å². The van der Waals surface area contributed by atoms with E-state index in [2.05, 4.69) is 20.8 Å². The quantitative estimate of drug-likeness (QED) is 0.873. The minimum atomic E-state index is -0.200. The Morgan fingerprint density at radius 3 is 2.53 bits per heavy atom. The fraction of sp³-hybridized carbons (Fsp3) is 0.571. The summed E-state index contributed by atoms with van der Waals surface area (Å²) in [7, 11) is 1.96. The second kappa shape index (κ2) is 5.50. The number of nitrogens with zero attached hydrogens (tertiary/aromatic N) is 1. The molecule has 0 spiro atoms. The zero-order valence-electron chi connectivity index (χ0n) is 11.2. The van der Waals surface area contributed by atoms with Gasteiger partial charge >= 0.3 is 0 Å². The van der Waals surface area contributed by atoms with Gasteiger partial charge in [0.15, 0.2) is 0 Å². The lowest BCUT2D eigenvalue weighted by molar-refractivity contribution is 0.308. The van der Waals surface area contributed by atoms with E-state index in [-0.39, 0.29) is 17.3 Å². The zero-order valence-corrected chi connectivity index (χ0v) is 11.2. The van der Waals surface area contributed by atoms with Crippen molar-refractivity contribution in [2.24, 2.45) is 11.1 Å². The van der Waals surface area contributed by atoms with Gasteiger partial charge in [0.25, 0.3) is 0 Å². The summed E-state index contributed by atoms with van der Waals surface area (Å²) in [5.41, 5.74) is 7.11. The van der Waals surface area contributed by atoms with E-state index in [1.54, 1.807) is 12.1 Å². The Kier molecular flexibility index (Phi) is 4.52. The SMILES string of the molecule is CN(CCC(N)C(C)(C)C)c1cccc(F)c1. The van der Waals surface area contributed by atoms with Crippen molar-refractivity contribution in [2.45, 2.75) is 33.2 Å². The summed E-state index contributed by atoms with van der Waals surface area (Å²) in [6.07, 6.45) is 0.899. The number of benzene rings is 1. The number of anilines is 1. The summed E-state index contributed by atoms with van der Waals surface area (Å²) in [6.45, 7) is 7.25. The lowest BCUT2D eigenvalue weighted by Crippen LogP contribution is -2.38. The zero-order chi connectivity index (χ0) is 13.1. The third-order valence-electron chi connectivity index (χ3n) is 3.14. The van der Waals surface area contributed by atoms with Gasteiger partial charge < -0.3 is 10.6 Å². The molecular formula is C14H23FN2. The van der Waals surface area contributed by atoms with E-state index < -0.39 is 0 Å². The first-order valence-corrected chi connectivity index (χ1v) is 6.03. The van der Waals surface area contributed by atoms with Crippen molar-refractivity contribution in [3.8, 4) is 0 Å². The molecule has 3 heteroatoms. The molecule has 1 atom stereocenters. The van der Waals surface area contributed by atoms with Crippen LogP contribution in [0, 0.1) is 11.2 Å². The van der Waals surface area contributed by atoms with Crippen LogP contribution in [0.4, 0.5) is 10.1 Å². The molecule has 0 amide bonds. The highest BCUT2D eigenvalue weighted by Crippen LogP contribution is 2.21. The van der Waals surface area contributed by atoms with Gasteiger partial charge in [0, 0.05) is 25.3 Å². The van der Waals surface area contributed by atoms with Crippen LogP contribution in [-0.4, -0.2) is 19.6 Å². The minimum Gasteiger partial charge on any atom is -0.374 e. The van der Waals surface area contributed by atoms with Crippen molar-refractivity contribution in [3.63, 3.8) is 0 Å². The molecule has 0 aromatic heterocycles. The van der Waals surface area contributed by atoms with Crippen molar-refractivity contribution in [1.82, 2.24) is 0 Å². The summed E-state index contributed by atoms with van der Waals surface area (Å²) in [6, 6.07) is 6.79. The number of hydrogen-bond donors (Lipinski definition) is 1. The van der Waals surface area contributed by atoms with Gasteiger partial charge in [0.05, 0.1) is 0 Å². The molecule has 1 unspecified atom stereocenters. The Morgan fingerprint density at radius 2 is 2.00 bits per heavy atom. The summed E-state index contributed by atoms with van der Waals surface area (Å²) in [5.74, 6) is -0.200. The van der Waals surface area contributed by atoms with E-state index in [0.29, 0.717) is 0 Å². The van der Waals surface area contributed by atoms with Crippen LogP contribution < -0.4 is 10.6 Å². The molecule has 0 saturated carbocycles. The third kappa shape index (κ3) is 4.35. The predicted octanol–water partition coefficient (Wildman–Crippen LogP) is 3.03. The molecule has 96 valence electrons. The topological polar surface area (TPSA) is 29.3 Å². The average Bonchev–Trinajstić information content (AvgIpc) is 2.24. The third-order valence-corrected chi connectivity index (χ3v) is 3.14. The molecule has 0 bridgehead atoms. The van der Waals surface area contributed by atoms with Crippen LogP contribution in [0.5, 0.6) is 0 Å². The van der Waals surface area contributed by atoms with Crippen LogP contribution in [0.1, 0.15) is 27.2 Å². The van der Waals surface area contributed by atoms with E-state index in [4.69, 9.17) is 5.73 Å². The fourth-order valence-corrected chi connectivity index (χ4v) is 1.61. The average molecular weight is 238 g/mol. The molecule has 0 aliphatic rings. The Balaban J connectivity index is 2.53. The number of rotatable bonds is 4. The van der Waals surface area contributed by atoms with Gasteiger partial charge in [0.1, 0.15) is 5.82 Å². The molecule has 2 N–H and O–H groups in total. The first kappa shape index (κ1) is 14.0. The van der Waals surface area contributed by atoms with Crippen molar-refractivity contribution < 1.29 is 4.39 Å². The molecule has 0 radical (unpaired) electrons. The predicted molar refractivity (Wildman–Crippen MR) is 71.7 cm³/mol. The normalized spacial score (nSPS) is 13.5.